The summed E-state index contributed by atoms with van der Waals surface area (Å²) in [6.45, 7) is 3.44. The van der Waals surface area contributed by atoms with Crippen LogP contribution in [0.4, 0.5) is 45.2 Å². The maximum Gasteiger partial charge on any atom is 0.573 e. The van der Waals surface area contributed by atoms with Crippen LogP contribution in [0.1, 0.15) is 48.6 Å². The normalized spacial score (nSPS) is 14.1. The molecule has 0 bridgehead atoms. The Morgan fingerprint density at radius 2 is 1.53 bits per heavy atom. The number of rotatable bonds is 11. The molecule has 2 atom stereocenters. The molecule has 2 rings (SSSR count). The molecule has 1 N–H and O–H groups in total. The van der Waals surface area contributed by atoms with Gasteiger partial charge in [0.2, 0.25) is 0 Å². The highest BCUT2D eigenvalue weighted by atomic mass is 19.4. The Bertz CT molecular complexity index is 1050. The number of carbonyl (C=O) groups excluding carboxylic acids is 1. The van der Waals surface area contributed by atoms with Gasteiger partial charge >= 0.3 is 18.7 Å². The van der Waals surface area contributed by atoms with Crippen LogP contribution in [0.25, 0.3) is 0 Å². The third kappa shape index (κ3) is 8.71. The van der Waals surface area contributed by atoms with Crippen molar-refractivity contribution >= 4 is 12.2 Å². The topological polar surface area (TPSA) is 50.8 Å². The van der Waals surface area contributed by atoms with Crippen molar-refractivity contribution in [3.63, 3.8) is 0 Å². The van der Waals surface area contributed by atoms with Gasteiger partial charge in [-0.2, -0.15) is 26.3 Å². The second kappa shape index (κ2) is 12.1. The number of alkyl halides is 9. The average molecular weight is 560 g/mol. The Morgan fingerprint density at radius 3 is 2.00 bits per heavy atom. The summed E-state index contributed by atoms with van der Waals surface area (Å²) < 4.78 is 127. The van der Waals surface area contributed by atoms with E-state index in [1.165, 1.54) is 13.0 Å². The molecule has 0 spiro atoms. The predicted octanol–water partition coefficient (Wildman–Crippen LogP) is 6.86. The summed E-state index contributed by atoms with van der Waals surface area (Å²) in [7, 11) is 1.69. The highest BCUT2D eigenvalue weighted by Gasteiger charge is 2.38. The van der Waals surface area contributed by atoms with Gasteiger partial charge in [-0.05, 0) is 60.9 Å². The Labute approximate surface area is 212 Å². The maximum absolute atomic E-state index is 13.3. The summed E-state index contributed by atoms with van der Waals surface area (Å²) in [5, 5.41) is 2.82. The molecule has 0 saturated heterocycles. The lowest BCUT2D eigenvalue weighted by molar-refractivity contribution is -0.274. The number of anilines is 1. The standard InChI is InChI=1S/C24H25F9N2O3/c1-4-7-35(3)20-6-5-19(38-24(31,32)33)10-16(20)12-34-14(2)21(37-13-36)15-8-17(22(25,26)27)11-18(9-15)23(28,29)30/h5-6,8-11,13-14,21,34H,4,7,12H2,1-3H3. The van der Waals surface area contributed by atoms with E-state index >= 15 is 0 Å². The number of hydrogen-bond acceptors (Lipinski definition) is 5. The molecule has 5 nitrogen and oxygen atoms in total. The summed E-state index contributed by atoms with van der Waals surface area (Å²) >= 11 is 0. The van der Waals surface area contributed by atoms with Crippen LogP contribution in [0.5, 0.6) is 5.75 Å². The SMILES string of the molecule is CCCN(C)c1ccc(OC(F)(F)F)cc1CNC(C)C(OC=O)c1cc(C(F)(F)F)cc(C(F)(F)F)c1. The molecule has 0 saturated carbocycles. The summed E-state index contributed by atoms with van der Waals surface area (Å²) in [5.41, 5.74) is -2.95. The number of ether oxygens (including phenoxy) is 2. The highest BCUT2D eigenvalue weighted by molar-refractivity contribution is 5.56. The summed E-state index contributed by atoms with van der Waals surface area (Å²) in [5.74, 6) is -0.524. The number of nitrogens with one attached hydrogen (secondary N) is 1. The molecule has 0 aliphatic heterocycles. The highest BCUT2D eigenvalue weighted by Crippen LogP contribution is 2.38. The molecule has 0 aliphatic carbocycles. The van der Waals surface area contributed by atoms with Crippen molar-refractivity contribution in [1.29, 1.82) is 0 Å². The van der Waals surface area contributed by atoms with Crippen LogP contribution in [0.2, 0.25) is 0 Å². The van der Waals surface area contributed by atoms with Gasteiger partial charge < -0.3 is 19.7 Å². The molecule has 0 fully saturated rings. The second-order valence-corrected chi connectivity index (χ2v) is 8.42. The van der Waals surface area contributed by atoms with E-state index in [-0.39, 0.29) is 19.1 Å². The molecule has 212 valence electrons. The van der Waals surface area contributed by atoms with Crippen LogP contribution >= 0.6 is 0 Å². The second-order valence-electron chi connectivity index (χ2n) is 8.42. The van der Waals surface area contributed by atoms with Gasteiger partial charge in [0.15, 0.2) is 0 Å². The Kier molecular flexibility index (Phi) is 9.92. The van der Waals surface area contributed by atoms with E-state index in [0.717, 1.165) is 12.1 Å². The van der Waals surface area contributed by atoms with Crippen molar-refractivity contribution in [3.8, 4) is 5.75 Å². The van der Waals surface area contributed by atoms with E-state index in [4.69, 9.17) is 4.74 Å². The fraction of sp³-hybridized carbons (Fsp3) is 0.458. The largest absolute Gasteiger partial charge is 0.573 e. The molecule has 0 heterocycles. The average Bonchev–Trinajstić information content (AvgIpc) is 2.78. The van der Waals surface area contributed by atoms with Gasteiger partial charge in [0.1, 0.15) is 11.9 Å². The first-order chi connectivity index (χ1) is 17.5. The van der Waals surface area contributed by atoms with E-state index in [1.54, 1.807) is 11.9 Å². The number of carbonyl (C=O) groups is 1. The monoisotopic (exact) mass is 560 g/mol. The van der Waals surface area contributed by atoms with Crippen molar-refractivity contribution in [2.75, 3.05) is 18.5 Å². The van der Waals surface area contributed by atoms with Crippen molar-refractivity contribution in [2.45, 2.75) is 57.7 Å². The van der Waals surface area contributed by atoms with Gasteiger partial charge in [-0.3, -0.25) is 4.79 Å². The lowest BCUT2D eigenvalue weighted by Gasteiger charge is -2.27. The van der Waals surface area contributed by atoms with Gasteiger partial charge in [-0.1, -0.05) is 6.92 Å². The van der Waals surface area contributed by atoms with Gasteiger partial charge in [-0.15, -0.1) is 13.2 Å². The lowest BCUT2D eigenvalue weighted by Crippen LogP contribution is -2.34. The fourth-order valence-corrected chi connectivity index (χ4v) is 3.80. The Morgan fingerprint density at radius 1 is 0.947 bits per heavy atom. The van der Waals surface area contributed by atoms with E-state index in [1.807, 2.05) is 6.92 Å². The molecular formula is C24H25F9N2O3. The minimum atomic E-state index is -5.11. The molecule has 0 amide bonds. The number of hydrogen-bond donors (Lipinski definition) is 1. The fourth-order valence-electron chi connectivity index (χ4n) is 3.80. The number of nitrogens with zero attached hydrogens (tertiary/aromatic N) is 1. The lowest BCUT2D eigenvalue weighted by atomic mass is 9.97. The molecule has 2 unspecified atom stereocenters. The van der Waals surface area contributed by atoms with Crippen molar-refractivity contribution in [3.05, 3.63) is 58.7 Å². The van der Waals surface area contributed by atoms with Gasteiger partial charge in [0.25, 0.3) is 6.47 Å². The zero-order valence-electron chi connectivity index (χ0n) is 20.4. The first-order valence-electron chi connectivity index (χ1n) is 11.2. The summed E-state index contributed by atoms with van der Waals surface area (Å²) in [6.07, 6.45) is -16.1. The van der Waals surface area contributed by atoms with Crippen molar-refractivity contribution < 1.29 is 53.8 Å². The number of halogens is 9. The van der Waals surface area contributed by atoms with Crippen LogP contribution in [0.3, 0.4) is 0 Å². The number of benzene rings is 2. The van der Waals surface area contributed by atoms with Crippen LogP contribution in [0.15, 0.2) is 36.4 Å². The van der Waals surface area contributed by atoms with Crippen LogP contribution in [-0.4, -0.2) is 32.5 Å². The van der Waals surface area contributed by atoms with E-state index in [9.17, 15) is 44.3 Å². The van der Waals surface area contributed by atoms with Crippen LogP contribution < -0.4 is 15.0 Å². The smallest absolute Gasteiger partial charge is 0.458 e. The quantitative estimate of drug-likeness (QED) is 0.240. The molecule has 0 aliphatic rings. The van der Waals surface area contributed by atoms with Gasteiger partial charge in [0, 0.05) is 31.9 Å². The molecular weight excluding hydrogens is 535 g/mol. The molecule has 2 aromatic rings. The van der Waals surface area contributed by atoms with Gasteiger partial charge in [0.05, 0.1) is 11.1 Å². The Hall–Kier alpha value is -3.16. The predicted molar refractivity (Wildman–Crippen MR) is 119 cm³/mol. The van der Waals surface area contributed by atoms with Crippen LogP contribution in [-0.2, 0) is 28.4 Å². The van der Waals surface area contributed by atoms with E-state index < -0.39 is 53.3 Å². The minimum absolute atomic E-state index is 0.0540. The Balaban J connectivity index is 2.43. The minimum Gasteiger partial charge on any atom is -0.458 e. The zero-order valence-corrected chi connectivity index (χ0v) is 20.4. The van der Waals surface area contributed by atoms with Crippen molar-refractivity contribution in [1.82, 2.24) is 5.32 Å². The molecule has 14 heteroatoms. The van der Waals surface area contributed by atoms with Crippen molar-refractivity contribution in [2.24, 2.45) is 0 Å². The zero-order chi connectivity index (χ0) is 28.9. The first kappa shape index (κ1) is 31.1. The van der Waals surface area contributed by atoms with Crippen LogP contribution in [0, 0.1) is 0 Å². The first-order valence-corrected chi connectivity index (χ1v) is 11.2. The molecule has 38 heavy (non-hydrogen) atoms. The van der Waals surface area contributed by atoms with E-state index in [0.29, 0.717) is 36.3 Å². The molecule has 0 aromatic heterocycles. The summed E-state index contributed by atoms with van der Waals surface area (Å²) in [6, 6.07) is 3.38. The molecule has 0 radical (unpaired) electrons. The van der Waals surface area contributed by atoms with Gasteiger partial charge in [-0.25, -0.2) is 0 Å². The molecule has 2 aromatic carbocycles. The third-order valence-electron chi connectivity index (χ3n) is 5.46. The third-order valence-corrected chi connectivity index (χ3v) is 5.46. The van der Waals surface area contributed by atoms with E-state index in [2.05, 4.69) is 10.1 Å². The maximum atomic E-state index is 13.3. The summed E-state index contributed by atoms with van der Waals surface area (Å²) in [4.78, 5) is 12.9.